The molecule has 0 radical (unpaired) electrons. The van der Waals surface area contributed by atoms with Crippen molar-refractivity contribution in [3.05, 3.63) is 32.6 Å². The van der Waals surface area contributed by atoms with Crippen LogP contribution in [0.2, 0.25) is 0 Å². The van der Waals surface area contributed by atoms with E-state index in [4.69, 9.17) is 16.2 Å². The van der Waals surface area contributed by atoms with Gasteiger partial charge in [-0.15, -0.1) is 0 Å². The summed E-state index contributed by atoms with van der Waals surface area (Å²) < 4.78 is 6.93. The van der Waals surface area contributed by atoms with Gasteiger partial charge in [-0.25, -0.2) is 4.79 Å². The highest BCUT2D eigenvalue weighted by atomic mass is 16.5. The van der Waals surface area contributed by atoms with Crippen molar-refractivity contribution in [2.75, 3.05) is 6.54 Å². The molecule has 1 aromatic rings. The number of nitrogens with one attached hydrogen (secondary N) is 1. The molecule has 0 bridgehead atoms. The zero-order valence-electron chi connectivity index (χ0n) is 9.55. The topological polar surface area (TPSA) is 116 Å². The van der Waals surface area contributed by atoms with Gasteiger partial charge in [0.2, 0.25) is 0 Å². The minimum absolute atomic E-state index is 0.191. The molecule has 0 aliphatic carbocycles. The second-order valence-electron chi connectivity index (χ2n) is 4.24. The van der Waals surface area contributed by atoms with Gasteiger partial charge in [-0.05, 0) is 6.92 Å². The van der Waals surface area contributed by atoms with Crippen LogP contribution < -0.4 is 22.7 Å². The molecule has 3 atom stereocenters. The third-order valence-corrected chi connectivity index (χ3v) is 2.97. The first kappa shape index (κ1) is 12.0. The van der Waals surface area contributed by atoms with Gasteiger partial charge in [0.1, 0.15) is 6.23 Å². The highest BCUT2D eigenvalue weighted by Crippen LogP contribution is 2.25. The van der Waals surface area contributed by atoms with Gasteiger partial charge in [0.05, 0.1) is 6.10 Å². The fourth-order valence-corrected chi connectivity index (χ4v) is 1.95. The van der Waals surface area contributed by atoms with Crippen LogP contribution in [-0.2, 0) is 4.74 Å². The zero-order chi connectivity index (χ0) is 12.6. The second kappa shape index (κ2) is 4.44. The van der Waals surface area contributed by atoms with Gasteiger partial charge in [-0.3, -0.25) is 14.3 Å². The van der Waals surface area contributed by atoms with Gasteiger partial charge in [0.15, 0.2) is 0 Å². The summed E-state index contributed by atoms with van der Waals surface area (Å²) >= 11 is 0. The van der Waals surface area contributed by atoms with Crippen LogP contribution in [0.1, 0.15) is 18.2 Å². The van der Waals surface area contributed by atoms with Gasteiger partial charge in [0.25, 0.3) is 5.56 Å². The molecule has 1 unspecified atom stereocenters. The number of H-pyrrole nitrogens is 1. The molecule has 2 rings (SSSR count). The predicted octanol–water partition coefficient (Wildman–Crippen LogP) is -1.58. The van der Waals surface area contributed by atoms with E-state index in [1.807, 2.05) is 0 Å². The van der Waals surface area contributed by atoms with Crippen LogP contribution in [-0.4, -0.2) is 28.2 Å². The monoisotopic (exact) mass is 240 g/mol. The molecule has 1 aromatic heterocycles. The number of nitrogens with zero attached hydrogens (tertiary/aromatic N) is 1. The summed E-state index contributed by atoms with van der Waals surface area (Å²) in [5.74, 6) is 0. The van der Waals surface area contributed by atoms with Gasteiger partial charge < -0.3 is 16.2 Å². The SMILES string of the molecule is Cc1cn([C@H]2CC(N)[C@@H](CN)O2)c(=O)[nH]c1=O. The lowest BCUT2D eigenvalue weighted by molar-refractivity contribution is 0.00155. The lowest BCUT2D eigenvalue weighted by atomic mass is 10.1. The third-order valence-electron chi connectivity index (χ3n) is 2.97. The molecule has 0 amide bonds. The highest BCUT2D eigenvalue weighted by molar-refractivity contribution is 5.02. The summed E-state index contributed by atoms with van der Waals surface area (Å²) in [7, 11) is 0. The Morgan fingerprint density at radius 3 is 2.88 bits per heavy atom. The number of hydrogen-bond acceptors (Lipinski definition) is 5. The van der Waals surface area contributed by atoms with Crippen molar-refractivity contribution in [3.8, 4) is 0 Å². The predicted molar refractivity (Wildman–Crippen MR) is 61.6 cm³/mol. The zero-order valence-corrected chi connectivity index (χ0v) is 9.55. The summed E-state index contributed by atoms with van der Waals surface area (Å²) in [6, 6.07) is -0.191. The average molecular weight is 240 g/mol. The Morgan fingerprint density at radius 2 is 2.29 bits per heavy atom. The molecule has 0 aromatic carbocycles. The number of aromatic amines is 1. The Morgan fingerprint density at radius 1 is 1.59 bits per heavy atom. The first-order valence-electron chi connectivity index (χ1n) is 5.46. The van der Waals surface area contributed by atoms with Crippen molar-refractivity contribution in [1.82, 2.24) is 9.55 Å². The van der Waals surface area contributed by atoms with Crippen LogP contribution in [0.25, 0.3) is 0 Å². The lowest BCUT2D eigenvalue weighted by Crippen LogP contribution is -2.36. The van der Waals surface area contributed by atoms with Crippen molar-refractivity contribution < 1.29 is 4.74 Å². The van der Waals surface area contributed by atoms with E-state index in [9.17, 15) is 9.59 Å². The first-order chi connectivity index (χ1) is 8.02. The number of hydrogen-bond donors (Lipinski definition) is 3. The fourth-order valence-electron chi connectivity index (χ4n) is 1.95. The van der Waals surface area contributed by atoms with Crippen LogP contribution >= 0.6 is 0 Å². The van der Waals surface area contributed by atoms with Crippen molar-refractivity contribution in [2.45, 2.75) is 31.7 Å². The van der Waals surface area contributed by atoms with Crippen LogP contribution in [0.15, 0.2) is 15.8 Å². The summed E-state index contributed by atoms with van der Waals surface area (Å²) in [6.07, 6.45) is 1.28. The van der Waals surface area contributed by atoms with Crippen LogP contribution in [0.5, 0.6) is 0 Å². The van der Waals surface area contributed by atoms with Crippen molar-refractivity contribution in [2.24, 2.45) is 11.5 Å². The highest BCUT2D eigenvalue weighted by Gasteiger charge is 2.33. The summed E-state index contributed by atoms with van der Waals surface area (Å²) in [6.45, 7) is 1.94. The van der Waals surface area contributed by atoms with E-state index in [2.05, 4.69) is 4.98 Å². The van der Waals surface area contributed by atoms with Gasteiger partial charge in [-0.2, -0.15) is 0 Å². The maximum atomic E-state index is 11.6. The first-order valence-corrected chi connectivity index (χ1v) is 5.46. The van der Waals surface area contributed by atoms with E-state index in [0.717, 1.165) is 0 Å². The van der Waals surface area contributed by atoms with E-state index in [1.54, 1.807) is 6.92 Å². The minimum Gasteiger partial charge on any atom is -0.352 e. The summed E-state index contributed by atoms with van der Waals surface area (Å²) in [5, 5.41) is 0. The van der Waals surface area contributed by atoms with Gasteiger partial charge >= 0.3 is 5.69 Å². The summed E-state index contributed by atoms with van der Waals surface area (Å²) in [5.41, 5.74) is 10.9. The van der Waals surface area contributed by atoms with E-state index < -0.39 is 11.9 Å². The lowest BCUT2D eigenvalue weighted by Gasteiger charge is -2.15. The molecule has 1 fully saturated rings. The van der Waals surface area contributed by atoms with Gasteiger partial charge in [-0.1, -0.05) is 0 Å². The molecule has 5 N–H and O–H groups in total. The van der Waals surface area contributed by atoms with Gasteiger partial charge in [0, 0.05) is 30.8 Å². The van der Waals surface area contributed by atoms with Crippen molar-refractivity contribution in [1.29, 1.82) is 0 Å². The Hall–Kier alpha value is -1.44. The maximum absolute atomic E-state index is 11.6. The average Bonchev–Trinajstić information content (AvgIpc) is 2.65. The Kier molecular flexibility index (Phi) is 3.14. The van der Waals surface area contributed by atoms with Crippen LogP contribution in [0.4, 0.5) is 0 Å². The molecule has 0 saturated carbocycles. The van der Waals surface area contributed by atoms with E-state index >= 15 is 0 Å². The third kappa shape index (κ3) is 2.17. The number of ether oxygens (including phenoxy) is 1. The molecule has 1 aliphatic rings. The molecule has 17 heavy (non-hydrogen) atoms. The smallest absolute Gasteiger partial charge is 0.330 e. The molecule has 7 nitrogen and oxygen atoms in total. The Bertz CT molecular complexity index is 521. The molecule has 7 heteroatoms. The Balaban J connectivity index is 2.34. The molecule has 94 valence electrons. The van der Waals surface area contributed by atoms with E-state index in [-0.39, 0.29) is 17.7 Å². The van der Waals surface area contributed by atoms with Crippen LogP contribution in [0.3, 0.4) is 0 Å². The number of nitrogens with two attached hydrogens (primary N) is 2. The summed E-state index contributed by atoms with van der Waals surface area (Å²) in [4.78, 5) is 25.1. The van der Waals surface area contributed by atoms with E-state index in [1.165, 1.54) is 10.8 Å². The van der Waals surface area contributed by atoms with Crippen molar-refractivity contribution >= 4 is 0 Å². The Labute approximate surface area is 97.4 Å². The number of rotatable bonds is 2. The van der Waals surface area contributed by atoms with E-state index in [0.29, 0.717) is 18.5 Å². The molecular weight excluding hydrogens is 224 g/mol. The maximum Gasteiger partial charge on any atom is 0.330 e. The number of aryl methyl sites for hydroxylation is 1. The largest absolute Gasteiger partial charge is 0.352 e. The standard InChI is InChI=1S/C10H16N4O3/c1-5-4-14(10(16)13-9(5)15)8-2-6(12)7(3-11)17-8/h4,6-8H,2-3,11-12H2,1H3,(H,13,15,16)/t6?,7-,8-/m1/s1. The molecule has 0 spiro atoms. The minimum atomic E-state index is -0.490. The fraction of sp³-hybridized carbons (Fsp3) is 0.600. The molecule has 1 aliphatic heterocycles. The molecule has 1 saturated heterocycles. The number of aromatic nitrogens is 2. The molecule has 2 heterocycles. The van der Waals surface area contributed by atoms with Crippen LogP contribution in [0, 0.1) is 6.92 Å². The quantitative estimate of drug-likeness (QED) is 0.577. The van der Waals surface area contributed by atoms with Crippen molar-refractivity contribution in [3.63, 3.8) is 0 Å². The normalized spacial score (nSPS) is 28.5. The molecular formula is C10H16N4O3. The second-order valence-corrected chi connectivity index (χ2v) is 4.24.